The van der Waals surface area contributed by atoms with Gasteiger partial charge in [0.05, 0.1) is 12.6 Å². The summed E-state index contributed by atoms with van der Waals surface area (Å²) in [7, 11) is 1.84. The number of halogens is 1. The van der Waals surface area contributed by atoms with Gasteiger partial charge in [0.2, 0.25) is 0 Å². The summed E-state index contributed by atoms with van der Waals surface area (Å²) in [5.74, 6) is 1.52. The van der Waals surface area contributed by atoms with Gasteiger partial charge in [-0.25, -0.2) is 0 Å². The number of aliphatic imine (C=N–C) groups is 1. The Morgan fingerprint density at radius 2 is 2.13 bits per heavy atom. The third-order valence-corrected chi connectivity index (χ3v) is 6.34. The average molecular weight is 449 g/mol. The quantitative estimate of drug-likeness (QED) is 0.421. The number of aryl methyl sites for hydroxylation is 1. The van der Waals surface area contributed by atoms with Gasteiger partial charge in [-0.05, 0) is 25.0 Å². The molecular weight excluding hydrogens is 421 g/mol. The molecule has 1 aliphatic heterocycles. The molecule has 2 fully saturated rings. The Labute approximate surface area is 160 Å². The number of hydrogen-bond acceptors (Lipinski definition) is 3. The first-order valence-corrected chi connectivity index (χ1v) is 9.04. The molecule has 2 N–H and O–H groups in total. The molecule has 1 aromatic rings. The van der Waals surface area contributed by atoms with Crippen LogP contribution in [-0.2, 0) is 17.7 Å². The van der Waals surface area contributed by atoms with Gasteiger partial charge in [0.25, 0.3) is 0 Å². The van der Waals surface area contributed by atoms with E-state index in [-0.39, 0.29) is 29.4 Å². The molecule has 1 saturated carbocycles. The summed E-state index contributed by atoms with van der Waals surface area (Å²) in [4.78, 5) is 7.18. The van der Waals surface area contributed by atoms with Crippen LogP contribution in [-0.4, -0.2) is 31.8 Å². The molecule has 3 atom stereocenters. The Hall–Kier alpha value is -0.340. The van der Waals surface area contributed by atoms with E-state index in [0.717, 1.165) is 32.0 Å². The molecule has 1 aliphatic carbocycles. The monoisotopic (exact) mass is 449 g/mol. The molecule has 3 rings (SSSR count). The van der Waals surface area contributed by atoms with Gasteiger partial charge < -0.3 is 15.4 Å². The van der Waals surface area contributed by atoms with E-state index in [1.807, 2.05) is 18.4 Å². The molecule has 1 saturated heterocycles. The molecule has 4 nitrogen and oxygen atoms in total. The molecule has 0 amide bonds. The van der Waals surface area contributed by atoms with Crippen molar-refractivity contribution < 1.29 is 4.74 Å². The molecule has 0 spiro atoms. The van der Waals surface area contributed by atoms with Crippen LogP contribution in [0.2, 0.25) is 0 Å². The first-order valence-electron chi connectivity index (χ1n) is 8.22. The number of ether oxygens (including phenoxy) is 1. The highest BCUT2D eigenvalue weighted by atomic mass is 127. The zero-order valence-electron chi connectivity index (χ0n) is 14.4. The first-order chi connectivity index (χ1) is 10.6. The van der Waals surface area contributed by atoms with Crippen LogP contribution < -0.4 is 10.6 Å². The van der Waals surface area contributed by atoms with E-state index in [1.54, 1.807) is 0 Å². The average Bonchev–Trinajstić information content (AvgIpc) is 3.15. The number of thiophene rings is 1. The van der Waals surface area contributed by atoms with Gasteiger partial charge in [-0.3, -0.25) is 4.99 Å². The molecule has 2 heterocycles. The van der Waals surface area contributed by atoms with Crippen molar-refractivity contribution in [2.45, 2.75) is 52.3 Å². The van der Waals surface area contributed by atoms with E-state index in [2.05, 4.69) is 48.5 Å². The number of rotatable bonds is 4. The molecule has 2 aliphatic rings. The fraction of sp³-hybridized carbons (Fsp3) is 0.706. The van der Waals surface area contributed by atoms with Crippen molar-refractivity contribution in [3.05, 3.63) is 21.9 Å². The van der Waals surface area contributed by atoms with Gasteiger partial charge in [-0.15, -0.1) is 35.3 Å². The maximum Gasteiger partial charge on any atom is 0.191 e. The van der Waals surface area contributed by atoms with Crippen molar-refractivity contribution in [2.75, 3.05) is 13.7 Å². The van der Waals surface area contributed by atoms with E-state index in [0.29, 0.717) is 18.1 Å². The molecule has 0 radical (unpaired) electrons. The molecule has 23 heavy (non-hydrogen) atoms. The van der Waals surface area contributed by atoms with Crippen molar-refractivity contribution in [3.63, 3.8) is 0 Å². The SMILES string of the molecule is CCc1ccc(CNC(=NC)NC2C3CCOC3C2(C)C)s1.I. The fourth-order valence-electron chi connectivity index (χ4n) is 3.84. The molecule has 1 aromatic heterocycles. The maximum atomic E-state index is 5.86. The predicted molar refractivity (Wildman–Crippen MR) is 108 cm³/mol. The van der Waals surface area contributed by atoms with Gasteiger partial charge in [0, 0.05) is 40.8 Å². The Morgan fingerprint density at radius 1 is 1.39 bits per heavy atom. The zero-order chi connectivity index (χ0) is 15.7. The van der Waals surface area contributed by atoms with E-state index in [1.165, 1.54) is 9.75 Å². The third-order valence-electron chi connectivity index (χ3n) is 5.11. The summed E-state index contributed by atoms with van der Waals surface area (Å²) in [6.45, 7) is 8.51. The lowest BCUT2D eigenvalue weighted by Crippen LogP contribution is -2.67. The standard InChI is InChI=1S/C17H27N3OS.HI/c1-5-11-6-7-12(22-11)10-19-16(18-4)20-14-13-8-9-21-15(13)17(14,2)3;/h6-7,13-15H,5,8-10H2,1-4H3,(H2,18,19,20);1H. The normalized spacial score (nSPS) is 28.5. The van der Waals surface area contributed by atoms with Gasteiger partial charge >= 0.3 is 0 Å². The minimum absolute atomic E-state index is 0. The van der Waals surface area contributed by atoms with Gasteiger partial charge in [-0.1, -0.05) is 20.8 Å². The first kappa shape index (κ1) is 19.0. The Kier molecular flexibility index (Phi) is 6.35. The second-order valence-electron chi connectivity index (χ2n) is 6.83. The maximum absolute atomic E-state index is 5.86. The smallest absolute Gasteiger partial charge is 0.191 e. The third kappa shape index (κ3) is 3.69. The highest BCUT2D eigenvalue weighted by Gasteiger charge is 2.59. The lowest BCUT2D eigenvalue weighted by Gasteiger charge is -2.54. The van der Waals surface area contributed by atoms with Crippen molar-refractivity contribution in [1.29, 1.82) is 0 Å². The van der Waals surface area contributed by atoms with Gasteiger partial charge in [0.1, 0.15) is 0 Å². The van der Waals surface area contributed by atoms with Gasteiger partial charge in [0.15, 0.2) is 5.96 Å². The van der Waals surface area contributed by atoms with E-state index < -0.39 is 0 Å². The molecule has 3 unspecified atom stereocenters. The van der Waals surface area contributed by atoms with Crippen LogP contribution in [0.25, 0.3) is 0 Å². The predicted octanol–water partition coefficient (Wildman–Crippen LogP) is 3.41. The summed E-state index contributed by atoms with van der Waals surface area (Å²) in [5, 5.41) is 7.07. The van der Waals surface area contributed by atoms with Crippen LogP contribution in [0.15, 0.2) is 17.1 Å². The highest BCUT2D eigenvalue weighted by Crippen LogP contribution is 2.52. The van der Waals surface area contributed by atoms with Crippen LogP contribution in [0.1, 0.15) is 36.9 Å². The van der Waals surface area contributed by atoms with Crippen LogP contribution in [0.4, 0.5) is 0 Å². The van der Waals surface area contributed by atoms with Gasteiger partial charge in [-0.2, -0.15) is 0 Å². The summed E-state index contributed by atoms with van der Waals surface area (Å²) >= 11 is 1.87. The number of nitrogens with one attached hydrogen (secondary N) is 2. The van der Waals surface area contributed by atoms with Crippen LogP contribution in [0, 0.1) is 11.3 Å². The zero-order valence-corrected chi connectivity index (χ0v) is 17.5. The van der Waals surface area contributed by atoms with E-state index >= 15 is 0 Å². The van der Waals surface area contributed by atoms with Crippen LogP contribution in [0.3, 0.4) is 0 Å². The molecule has 130 valence electrons. The summed E-state index contributed by atoms with van der Waals surface area (Å²) in [6.07, 6.45) is 2.68. The highest BCUT2D eigenvalue weighted by molar-refractivity contribution is 14.0. The Balaban J connectivity index is 0.00000192. The number of nitrogens with zero attached hydrogens (tertiary/aromatic N) is 1. The minimum atomic E-state index is 0. The van der Waals surface area contributed by atoms with E-state index in [9.17, 15) is 0 Å². The van der Waals surface area contributed by atoms with Crippen molar-refractivity contribution >= 4 is 41.3 Å². The summed E-state index contributed by atoms with van der Waals surface area (Å²) in [5.41, 5.74) is 0.178. The van der Waals surface area contributed by atoms with Crippen LogP contribution in [0.5, 0.6) is 0 Å². The Morgan fingerprint density at radius 3 is 2.78 bits per heavy atom. The van der Waals surface area contributed by atoms with Crippen molar-refractivity contribution in [3.8, 4) is 0 Å². The van der Waals surface area contributed by atoms with Crippen molar-refractivity contribution in [2.24, 2.45) is 16.3 Å². The lowest BCUT2D eigenvalue weighted by atomic mass is 9.57. The second kappa shape index (κ2) is 7.70. The summed E-state index contributed by atoms with van der Waals surface area (Å²) in [6, 6.07) is 4.87. The second-order valence-corrected chi connectivity index (χ2v) is 8.09. The molecule has 0 aromatic carbocycles. The van der Waals surface area contributed by atoms with Crippen molar-refractivity contribution in [1.82, 2.24) is 10.6 Å². The largest absolute Gasteiger partial charge is 0.377 e. The number of fused-ring (bicyclic) bond motifs is 1. The molecule has 6 heteroatoms. The van der Waals surface area contributed by atoms with E-state index in [4.69, 9.17) is 4.74 Å². The Bertz CT molecular complexity index is 558. The topological polar surface area (TPSA) is 45.7 Å². The summed E-state index contributed by atoms with van der Waals surface area (Å²) < 4.78 is 5.86. The lowest BCUT2D eigenvalue weighted by molar-refractivity contribution is -0.106. The minimum Gasteiger partial charge on any atom is -0.377 e. The van der Waals surface area contributed by atoms with Crippen LogP contribution >= 0.6 is 35.3 Å². The number of guanidine groups is 1. The number of hydrogen-bond donors (Lipinski definition) is 2. The molecule has 0 bridgehead atoms. The molecular formula is C17H28IN3OS. The fourth-order valence-corrected chi connectivity index (χ4v) is 4.73.